The van der Waals surface area contributed by atoms with Crippen LogP contribution in [0.1, 0.15) is 31.2 Å². The summed E-state index contributed by atoms with van der Waals surface area (Å²) < 4.78 is 46.0. The largest absolute Gasteiger partial charge is 0.419 e. The minimum absolute atomic E-state index is 0.00118. The van der Waals surface area contributed by atoms with Crippen LogP contribution in [0.15, 0.2) is 62.9 Å². The summed E-state index contributed by atoms with van der Waals surface area (Å²) in [4.78, 5) is 6.36. The number of oxazole rings is 1. The molecule has 1 aliphatic heterocycles. The Bertz CT molecular complexity index is 1080. The molecule has 3 aromatic rings. The Labute approximate surface area is 170 Å². The molecule has 2 heterocycles. The number of benzene rings is 2. The first-order valence-corrected chi connectivity index (χ1v) is 11.3. The number of rotatable bonds is 4. The van der Waals surface area contributed by atoms with Crippen LogP contribution in [0.4, 0.5) is 10.3 Å². The summed E-state index contributed by atoms with van der Waals surface area (Å²) in [5, 5.41) is -0.110. The molecule has 0 spiro atoms. The summed E-state index contributed by atoms with van der Waals surface area (Å²) in [5.74, 6) is 0.0499. The van der Waals surface area contributed by atoms with Gasteiger partial charge in [0.2, 0.25) is 26.6 Å². The van der Waals surface area contributed by atoms with Crippen molar-refractivity contribution in [1.82, 2.24) is 4.98 Å². The molecule has 0 N–H and O–H groups in total. The lowest BCUT2D eigenvalue weighted by Crippen LogP contribution is -2.25. The molecule has 0 amide bonds. The van der Waals surface area contributed by atoms with E-state index in [1.54, 1.807) is 0 Å². The molecule has 0 unspecified atom stereocenters. The van der Waals surface area contributed by atoms with Gasteiger partial charge in [-0.15, -0.1) is 0 Å². The predicted octanol–water partition coefficient (Wildman–Crippen LogP) is 5.00. The van der Waals surface area contributed by atoms with E-state index in [0.717, 1.165) is 43.4 Å². The van der Waals surface area contributed by atoms with Crippen molar-refractivity contribution in [2.75, 3.05) is 18.0 Å². The zero-order chi connectivity index (χ0) is 20.4. The van der Waals surface area contributed by atoms with E-state index in [1.807, 2.05) is 36.1 Å². The van der Waals surface area contributed by atoms with Crippen molar-refractivity contribution in [2.45, 2.75) is 42.5 Å². The summed E-state index contributed by atoms with van der Waals surface area (Å²) in [6.45, 7) is 3.41. The van der Waals surface area contributed by atoms with Crippen LogP contribution in [-0.4, -0.2) is 26.5 Å². The van der Waals surface area contributed by atoms with E-state index in [0.29, 0.717) is 18.7 Å². The standard InChI is InChI=1S/C22H23FN2O3S/c1-16-6-8-17(9-7-16)20-24-21(22(28-20)25-14-4-2-3-5-15-25)29(26,27)19-12-10-18(23)11-13-19/h6-13H,2-5,14-15H2,1H3. The minimum atomic E-state index is -3.96. The molecule has 1 aliphatic rings. The third kappa shape index (κ3) is 4.05. The monoisotopic (exact) mass is 414 g/mol. The van der Waals surface area contributed by atoms with Crippen LogP contribution in [0, 0.1) is 12.7 Å². The molecule has 0 aliphatic carbocycles. The summed E-state index contributed by atoms with van der Waals surface area (Å²) >= 11 is 0. The van der Waals surface area contributed by atoms with Gasteiger partial charge in [0.05, 0.1) is 4.90 Å². The number of nitrogens with zero attached hydrogens (tertiary/aromatic N) is 2. The fourth-order valence-corrected chi connectivity index (χ4v) is 4.81. The Morgan fingerprint density at radius 3 is 2.17 bits per heavy atom. The molecule has 29 heavy (non-hydrogen) atoms. The molecule has 7 heteroatoms. The summed E-state index contributed by atoms with van der Waals surface area (Å²) in [6, 6.07) is 12.4. The molecule has 1 saturated heterocycles. The van der Waals surface area contributed by atoms with Gasteiger partial charge in [-0.05, 0) is 56.2 Å². The number of hydrogen-bond donors (Lipinski definition) is 0. The average Bonchev–Trinajstić information content (AvgIpc) is 2.99. The van der Waals surface area contributed by atoms with Gasteiger partial charge in [-0.1, -0.05) is 30.5 Å². The van der Waals surface area contributed by atoms with Gasteiger partial charge < -0.3 is 9.32 Å². The summed E-state index contributed by atoms with van der Waals surface area (Å²) in [5.41, 5.74) is 1.81. The van der Waals surface area contributed by atoms with Crippen molar-refractivity contribution in [3.63, 3.8) is 0 Å². The first-order chi connectivity index (χ1) is 13.9. The van der Waals surface area contributed by atoms with E-state index in [1.165, 1.54) is 12.1 Å². The van der Waals surface area contributed by atoms with Gasteiger partial charge >= 0.3 is 0 Å². The van der Waals surface area contributed by atoms with E-state index in [9.17, 15) is 12.8 Å². The van der Waals surface area contributed by atoms with Crippen molar-refractivity contribution in [3.05, 3.63) is 59.9 Å². The third-order valence-electron chi connectivity index (χ3n) is 5.15. The quantitative estimate of drug-likeness (QED) is 0.562. The molecular formula is C22H23FN2O3S. The lowest BCUT2D eigenvalue weighted by atomic mass is 10.1. The first-order valence-electron chi connectivity index (χ1n) is 9.78. The molecule has 0 radical (unpaired) electrons. The Morgan fingerprint density at radius 1 is 0.931 bits per heavy atom. The maximum absolute atomic E-state index is 13.3. The molecule has 5 nitrogen and oxygen atoms in total. The van der Waals surface area contributed by atoms with E-state index < -0.39 is 15.7 Å². The van der Waals surface area contributed by atoms with Crippen molar-refractivity contribution < 1.29 is 17.2 Å². The van der Waals surface area contributed by atoms with Gasteiger partial charge in [-0.2, -0.15) is 4.98 Å². The molecule has 1 fully saturated rings. The number of hydrogen-bond acceptors (Lipinski definition) is 5. The molecule has 2 aromatic carbocycles. The minimum Gasteiger partial charge on any atom is -0.419 e. The second-order valence-corrected chi connectivity index (χ2v) is 9.22. The van der Waals surface area contributed by atoms with Gasteiger partial charge in [0.15, 0.2) is 0 Å². The van der Waals surface area contributed by atoms with Crippen molar-refractivity contribution >= 4 is 15.7 Å². The van der Waals surface area contributed by atoms with Gasteiger partial charge in [0.1, 0.15) is 5.82 Å². The highest BCUT2D eigenvalue weighted by Gasteiger charge is 2.31. The van der Waals surface area contributed by atoms with Crippen molar-refractivity contribution in [1.29, 1.82) is 0 Å². The maximum Gasteiger partial charge on any atom is 0.236 e. The fourth-order valence-electron chi connectivity index (χ4n) is 3.49. The highest BCUT2D eigenvalue weighted by molar-refractivity contribution is 7.91. The molecular weight excluding hydrogens is 391 g/mol. The smallest absolute Gasteiger partial charge is 0.236 e. The molecule has 4 rings (SSSR count). The second kappa shape index (κ2) is 7.99. The topological polar surface area (TPSA) is 63.4 Å². The van der Waals surface area contributed by atoms with Gasteiger partial charge in [0, 0.05) is 18.7 Å². The van der Waals surface area contributed by atoms with Crippen LogP contribution in [0.2, 0.25) is 0 Å². The number of aryl methyl sites for hydroxylation is 1. The predicted molar refractivity (Wildman–Crippen MR) is 109 cm³/mol. The third-order valence-corrected chi connectivity index (χ3v) is 6.82. The zero-order valence-electron chi connectivity index (χ0n) is 16.3. The Hall–Kier alpha value is -2.67. The Kier molecular flexibility index (Phi) is 5.41. The van der Waals surface area contributed by atoms with Gasteiger partial charge in [0.25, 0.3) is 0 Å². The molecule has 0 saturated carbocycles. The van der Waals surface area contributed by atoms with Crippen LogP contribution >= 0.6 is 0 Å². The van der Waals surface area contributed by atoms with Crippen LogP contribution in [0.5, 0.6) is 0 Å². The first kappa shape index (κ1) is 19.6. The average molecular weight is 415 g/mol. The number of anilines is 1. The van der Waals surface area contributed by atoms with Crippen molar-refractivity contribution in [3.8, 4) is 11.5 Å². The molecule has 0 bridgehead atoms. The second-order valence-electron chi connectivity index (χ2n) is 7.35. The van der Waals surface area contributed by atoms with Crippen LogP contribution in [0.25, 0.3) is 11.5 Å². The highest BCUT2D eigenvalue weighted by atomic mass is 32.2. The summed E-state index contributed by atoms with van der Waals surface area (Å²) in [6.07, 6.45) is 4.15. The lowest BCUT2D eigenvalue weighted by Gasteiger charge is -2.20. The fraction of sp³-hybridized carbons (Fsp3) is 0.318. The lowest BCUT2D eigenvalue weighted by molar-refractivity contribution is 0.543. The molecule has 1 aromatic heterocycles. The summed E-state index contributed by atoms with van der Waals surface area (Å²) in [7, 11) is -3.96. The number of sulfone groups is 1. The Morgan fingerprint density at radius 2 is 1.55 bits per heavy atom. The zero-order valence-corrected chi connectivity index (χ0v) is 17.1. The van der Waals surface area contributed by atoms with Gasteiger partial charge in [-0.25, -0.2) is 12.8 Å². The molecule has 0 atom stereocenters. The van der Waals surface area contributed by atoms with Gasteiger partial charge in [-0.3, -0.25) is 0 Å². The van der Waals surface area contributed by atoms with Crippen LogP contribution in [-0.2, 0) is 9.84 Å². The van der Waals surface area contributed by atoms with E-state index in [-0.39, 0.29) is 21.7 Å². The number of aromatic nitrogens is 1. The highest BCUT2D eigenvalue weighted by Crippen LogP contribution is 2.35. The SMILES string of the molecule is Cc1ccc(-c2nc(S(=O)(=O)c3ccc(F)cc3)c(N3CCCCCC3)o2)cc1. The normalized spacial score (nSPS) is 15.3. The van der Waals surface area contributed by atoms with E-state index >= 15 is 0 Å². The van der Waals surface area contributed by atoms with E-state index in [2.05, 4.69) is 4.98 Å². The maximum atomic E-state index is 13.3. The number of halogens is 1. The van der Waals surface area contributed by atoms with Crippen LogP contribution in [0.3, 0.4) is 0 Å². The van der Waals surface area contributed by atoms with E-state index in [4.69, 9.17) is 4.42 Å². The molecule has 152 valence electrons. The van der Waals surface area contributed by atoms with Crippen LogP contribution < -0.4 is 4.90 Å². The Balaban J connectivity index is 1.83. The van der Waals surface area contributed by atoms with Crippen molar-refractivity contribution in [2.24, 2.45) is 0 Å².